The van der Waals surface area contributed by atoms with E-state index in [1.54, 1.807) is 23.1 Å². The maximum absolute atomic E-state index is 13.5. The van der Waals surface area contributed by atoms with Crippen molar-refractivity contribution in [2.24, 2.45) is 5.92 Å². The van der Waals surface area contributed by atoms with Gasteiger partial charge in [0, 0.05) is 11.1 Å². The molecule has 2 amide bonds. The van der Waals surface area contributed by atoms with Crippen molar-refractivity contribution in [3.8, 4) is 5.75 Å². The zero-order chi connectivity index (χ0) is 24.5. The highest BCUT2D eigenvalue weighted by atomic mass is 35.5. The van der Waals surface area contributed by atoms with Gasteiger partial charge in [-0.15, -0.1) is 0 Å². The Bertz CT molecular complexity index is 1100. The molecule has 1 fully saturated rings. The van der Waals surface area contributed by atoms with Crippen molar-refractivity contribution in [2.45, 2.75) is 64.8 Å². The summed E-state index contributed by atoms with van der Waals surface area (Å²) in [5, 5.41) is 3.79. The second-order valence-corrected chi connectivity index (χ2v) is 10.9. The fraction of sp³-hybridized carbons (Fsp3) is 0.429. The molecule has 180 valence electrons. The molecule has 34 heavy (non-hydrogen) atoms. The van der Waals surface area contributed by atoms with Gasteiger partial charge in [0.1, 0.15) is 6.54 Å². The van der Waals surface area contributed by atoms with Crippen molar-refractivity contribution in [1.82, 2.24) is 5.32 Å². The van der Waals surface area contributed by atoms with E-state index in [1.165, 1.54) is 6.42 Å². The molecule has 0 spiro atoms. The highest BCUT2D eigenvalue weighted by Crippen LogP contribution is 2.39. The Morgan fingerprint density at radius 1 is 1.15 bits per heavy atom. The molecule has 2 aromatic carbocycles. The van der Waals surface area contributed by atoms with Crippen LogP contribution in [0.3, 0.4) is 0 Å². The van der Waals surface area contributed by atoms with Crippen molar-refractivity contribution in [3.05, 3.63) is 64.4 Å². The van der Waals surface area contributed by atoms with Gasteiger partial charge in [0.15, 0.2) is 11.5 Å². The first-order chi connectivity index (χ1) is 16.1. The normalized spacial score (nSPS) is 21.7. The number of hydrogen-bond acceptors (Lipinski definition) is 3. The summed E-state index contributed by atoms with van der Waals surface area (Å²) in [5.41, 5.74) is 2.38. The molecule has 1 N–H and O–H groups in total. The first-order valence-corrected chi connectivity index (χ1v) is 12.4. The summed E-state index contributed by atoms with van der Waals surface area (Å²) in [7, 11) is 0. The lowest BCUT2D eigenvalue weighted by molar-refractivity contribution is -0.124. The van der Waals surface area contributed by atoms with E-state index in [0.29, 0.717) is 22.4 Å². The van der Waals surface area contributed by atoms with Gasteiger partial charge in [-0.2, -0.15) is 0 Å². The van der Waals surface area contributed by atoms with Crippen LogP contribution in [0.5, 0.6) is 5.75 Å². The van der Waals surface area contributed by atoms with Gasteiger partial charge in [-0.1, -0.05) is 70.3 Å². The zero-order valence-corrected chi connectivity index (χ0v) is 21.1. The third-order valence-electron chi connectivity index (χ3n) is 6.72. The van der Waals surface area contributed by atoms with Crippen molar-refractivity contribution in [1.29, 1.82) is 0 Å². The van der Waals surface area contributed by atoms with E-state index in [4.69, 9.17) is 16.3 Å². The zero-order valence-electron chi connectivity index (χ0n) is 20.4. The van der Waals surface area contributed by atoms with E-state index in [2.05, 4.69) is 33.0 Å². The Balaban J connectivity index is 1.66. The molecule has 1 aliphatic heterocycles. The van der Waals surface area contributed by atoms with E-state index >= 15 is 0 Å². The molecule has 2 unspecified atom stereocenters. The first kappa shape index (κ1) is 24.3. The van der Waals surface area contributed by atoms with Gasteiger partial charge in [-0.3, -0.25) is 14.5 Å². The SMILES string of the molecule is CC1CCCCC1NC(=O)CN1C(=O)C(=Cc2ccc(Cl)cc2)Oc2ccc(C(C)(C)C)cc21. The largest absolute Gasteiger partial charge is 0.449 e. The summed E-state index contributed by atoms with van der Waals surface area (Å²) in [4.78, 5) is 28.2. The lowest BCUT2D eigenvalue weighted by atomic mass is 9.86. The minimum atomic E-state index is -0.333. The summed E-state index contributed by atoms with van der Waals surface area (Å²) < 4.78 is 6.03. The van der Waals surface area contributed by atoms with Crippen LogP contribution in [0.25, 0.3) is 6.08 Å². The minimum absolute atomic E-state index is 0.0516. The van der Waals surface area contributed by atoms with Gasteiger partial charge >= 0.3 is 0 Å². The Labute approximate surface area is 207 Å². The molecule has 2 aliphatic rings. The monoisotopic (exact) mass is 480 g/mol. The van der Waals surface area contributed by atoms with Gasteiger partial charge in [0.2, 0.25) is 5.91 Å². The van der Waals surface area contributed by atoms with Crippen LogP contribution in [0.2, 0.25) is 5.02 Å². The van der Waals surface area contributed by atoms with Crippen LogP contribution in [0, 0.1) is 5.92 Å². The van der Waals surface area contributed by atoms with E-state index < -0.39 is 0 Å². The Morgan fingerprint density at radius 2 is 1.85 bits per heavy atom. The highest BCUT2D eigenvalue weighted by Gasteiger charge is 2.34. The number of nitrogens with zero attached hydrogens (tertiary/aromatic N) is 1. The van der Waals surface area contributed by atoms with Crippen LogP contribution in [-0.4, -0.2) is 24.4 Å². The van der Waals surface area contributed by atoms with Crippen molar-refractivity contribution in [2.75, 3.05) is 11.4 Å². The Hall–Kier alpha value is -2.79. The lowest BCUT2D eigenvalue weighted by Crippen LogP contribution is -2.48. The maximum atomic E-state index is 13.5. The summed E-state index contributed by atoms with van der Waals surface area (Å²) in [5.74, 6) is 0.703. The fourth-order valence-electron chi connectivity index (χ4n) is 4.57. The van der Waals surface area contributed by atoms with Gasteiger partial charge in [0.05, 0.1) is 5.69 Å². The number of nitrogens with one attached hydrogen (secondary N) is 1. The molecule has 1 heterocycles. The molecule has 2 aromatic rings. The standard InChI is InChI=1S/C28H33ClN2O3/c1-18-7-5-6-8-22(18)30-26(32)17-31-23-16-20(28(2,3)4)11-14-24(23)34-25(27(31)33)15-19-9-12-21(29)13-10-19/h9-16,18,22H,5-8,17H2,1-4H3,(H,30,32). The summed E-state index contributed by atoms with van der Waals surface area (Å²) in [6, 6.07) is 13.2. The molecule has 4 rings (SSSR count). The summed E-state index contributed by atoms with van der Waals surface area (Å²) in [6.45, 7) is 8.49. The van der Waals surface area contributed by atoms with E-state index in [-0.39, 0.29) is 35.6 Å². The van der Waals surface area contributed by atoms with Gasteiger partial charge in [-0.25, -0.2) is 0 Å². The number of amides is 2. The predicted octanol–water partition coefficient (Wildman–Crippen LogP) is 6.10. The number of benzene rings is 2. The fourth-order valence-corrected chi connectivity index (χ4v) is 4.70. The van der Waals surface area contributed by atoms with Crippen LogP contribution < -0.4 is 15.0 Å². The minimum Gasteiger partial charge on any atom is -0.449 e. The molecule has 1 aliphatic carbocycles. The summed E-state index contributed by atoms with van der Waals surface area (Å²) >= 11 is 6.00. The Morgan fingerprint density at radius 3 is 2.53 bits per heavy atom. The van der Waals surface area contributed by atoms with Gasteiger partial charge in [0.25, 0.3) is 5.91 Å². The molecular formula is C28H33ClN2O3. The molecular weight excluding hydrogens is 448 g/mol. The average molecular weight is 481 g/mol. The second-order valence-electron chi connectivity index (χ2n) is 10.4. The van der Waals surface area contributed by atoms with Gasteiger partial charge in [-0.05, 0) is 65.6 Å². The molecule has 0 bridgehead atoms. The maximum Gasteiger partial charge on any atom is 0.294 e. The number of ether oxygens (including phenoxy) is 1. The number of anilines is 1. The number of carbonyl (C=O) groups excluding carboxylic acids is 2. The molecule has 5 nitrogen and oxygen atoms in total. The third kappa shape index (κ3) is 5.47. The highest BCUT2D eigenvalue weighted by molar-refractivity contribution is 6.30. The third-order valence-corrected chi connectivity index (χ3v) is 6.97. The Kier molecular flexibility index (Phi) is 7.04. The van der Waals surface area contributed by atoms with Crippen LogP contribution >= 0.6 is 11.6 Å². The summed E-state index contributed by atoms with van der Waals surface area (Å²) in [6.07, 6.45) is 6.12. The average Bonchev–Trinajstić information content (AvgIpc) is 2.78. The van der Waals surface area contributed by atoms with Crippen molar-refractivity contribution in [3.63, 3.8) is 0 Å². The number of rotatable bonds is 4. The number of carbonyl (C=O) groups is 2. The van der Waals surface area contributed by atoms with Crippen LogP contribution in [0.1, 0.15) is 64.5 Å². The van der Waals surface area contributed by atoms with Gasteiger partial charge < -0.3 is 10.1 Å². The second kappa shape index (κ2) is 9.83. The topological polar surface area (TPSA) is 58.6 Å². The van der Waals surface area contributed by atoms with Crippen LogP contribution in [-0.2, 0) is 15.0 Å². The molecule has 0 radical (unpaired) electrons. The molecule has 2 atom stereocenters. The molecule has 0 aromatic heterocycles. The number of halogens is 1. The smallest absolute Gasteiger partial charge is 0.294 e. The molecule has 0 saturated heterocycles. The first-order valence-electron chi connectivity index (χ1n) is 12.0. The quantitative estimate of drug-likeness (QED) is 0.538. The van der Waals surface area contributed by atoms with Crippen molar-refractivity contribution >= 4 is 35.2 Å². The van der Waals surface area contributed by atoms with Crippen LogP contribution in [0.15, 0.2) is 48.2 Å². The molecule has 6 heteroatoms. The van der Waals surface area contributed by atoms with Crippen LogP contribution in [0.4, 0.5) is 5.69 Å². The number of fused-ring (bicyclic) bond motifs is 1. The van der Waals surface area contributed by atoms with E-state index in [0.717, 1.165) is 30.4 Å². The van der Waals surface area contributed by atoms with E-state index in [1.807, 2.05) is 30.3 Å². The molecule has 1 saturated carbocycles. The lowest BCUT2D eigenvalue weighted by Gasteiger charge is -2.33. The predicted molar refractivity (Wildman–Crippen MR) is 137 cm³/mol. The number of hydrogen-bond donors (Lipinski definition) is 1. The van der Waals surface area contributed by atoms with E-state index in [9.17, 15) is 9.59 Å². The van der Waals surface area contributed by atoms with Crippen molar-refractivity contribution < 1.29 is 14.3 Å².